The molecule has 0 saturated heterocycles. The van der Waals surface area contributed by atoms with Crippen LogP contribution in [-0.2, 0) is 16.2 Å². The molecule has 0 radical (unpaired) electrons. The first kappa shape index (κ1) is 47.8. The van der Waals surface area contributed by atoms with Gasteiger partial charge in [0.05, 0.1) is 16.5 Å². The van der Waals surface area contributed by atoms with Crippen LogP contribution in [0.3, 0.4) is 0 Å². The lowest BCUT2D eigenvalue weighted by atomic mass is 9.63. The molecular weight excluding hydrogens is 977 g/mol. The van der Waals surface area contributed by atoms with Gasteiger partial charge in [-0.2, -0.15) is 0 Å². The van der Waals surface area contributed by atoms with E-state index in [1.54, 1.807) is 0 Å². The van der Waals surface area contributed by atoms with Gasteiger partial charge in [-0.15, -0.1) is 0 Å². The van der Waals surface area contributed by atoms with Gasteiger partial charge in [-0.3, -0.25) is 0 Å². The van der Waals surface area contributed by atoms with Gasteiger partial charge in [-0.25, -0.2) is 0 Å². The topological polar surface area (TPSA) is 6.48 Å². The van der Waals surface area contributed by atoms with E-state index in [2.05, 4.69) is 244 Å². The summed E-state index contributed by atoms with van der Waals surface area (Å²) in [6.45, 7) is 10.4. The highest BCUT2D eigenvalue weighted by molar-refractivity contribution is 6.27. The fourth-order valence-electron chi connectivity index (χ4n) is 18.3. The van der Waals surface area contributed by atoms with E-state index in [4.69, 9.17) is 0 Å². The molecule has 0 amide bonds. The molecule has 6 aliphatic rings. The lowest BCUT2D eigenvalue weighted by Gasteiger charge is -2.48. The molecule has 17 rings (SSSR count). The largest absolute Gasteiger partial charge is 0.334 e. The van der Waals surface area contributed by atoms with Crippen molar-refractivity contribution in [3.8, 4) is 44.5 Å². The zero-order valence-corrected chi connectivity index (χ0v) is 47.5. The molecule has 2 heterocycles. The van der Waals surface area contributed by atoms with Gasteiger partial charge < -0.3 is 9.80 Å². The Morgan fingerprint density at radius 1 is 0.309 bits per heavy atom. The smallest absolute Gasteiger partial charge is 0.0726 e. The number of nitrogens with zero attached hydrogens (tertiary/aromatic N) is 2. The first-order valence-electron chi connectivity index (χ1n) is 30.7. The second-order valence-electron chi connectivity index (χ2n) is 26.3. The van der Waals surface area contributed by atoms with Crippen LogP contribution in [0.2, 0.25) is 0 Å². The highest BCUT2D eigenvalue weighted by Gasteiger charge is 2.59. The van der Waals surface area contributed by atoms with Crippen molar-refractivity contribution in [2.24, 2.45) is 0 Å². The average Bonchev–Trinajstić information content (AvgIpc) is 3.10. The number of hydrogen-bond donors (Lipinski definition) is 0. The Hall–Kier alpha value is -7.94. The average molecular weight is 1050 g/mol. The van der Waals surface area contributed by atoms with Gasteiger partial charge in [0.25, 0.3) is 0 Å². The van der Waals surface area contributed by atoms with Crippen LogP contribution in [0.4, 0.5) is 22.7 Å². The maximum absolute atomic E-state index is 2.74. The molecule has 2 fully saturated rings. The van der Waals surface area contributed by atoms with Crippen molar-refractivity contribution >= 4 is 55.1 Å². The predicted molar refractivity (Wildman–Crippen MR) is 341 cm³/mol. The van der Waals surface area contributed by atoms with Crippen molar-refractivity contribution in [3.05, 3.63) is 240 Å². The second kappa shape index (κ2) is 17.1. The van der Waals surface area contributed by atoms with Gasteiger partial charge in [0.1, 0.15) is 0 Å². The molecule has 2 aliphatic heterocycles. The van der Waals surface area contributed by atoms with E-state index in [0.29, 0.717) is 0 Å². The van der Waals surface area contributed by atoms with Crippen LogP contribution in [0, 0.1) is 0 Å². The van der Waals surface area contributed by atoms with Crippen molar-refractivity contribution in [2.75, 3.05) is 9.80 Å². The molecule has 0 aromatic heterocycles. The van der Waals surface area contributed by atoms with Gasteiger partial charge >= 0.3 is 0 Å². The Morgan fingerprint density at radius 2 is 0.765 bits per heavy atom. The molecule has 2 nitrogen and oxygen atoms in total. The van der Waals surface area contributed by atoms with Crippen LogP contribution in [0.5, 0.6) is 0 Å². The second-order valence-corrected chi connectivity index (χ2v) is 26.3. The molecule has 0 N–H and O–H groups in total. The van der Waals surface area contributed by atoms with E-state index in [1.165, 1.54) is 210 Å². The molecule has 2 saturated carbocycles. The summed E-state index contributed by atoms with van der Waals surface area (Å²) in [6.07, 6.45) is 15.0. The van der Waals surface area contributed by atoms with Crippen molar-refractivity contribution in [1.29, 1.82) is 0 Å². The third-order valence-corrected chi connectivity index (χ3v) is 22.7. The number of hydrogen-bond acceptors (Lipinski definition) is 2. The van der Waals surface area contributed by atoms with E-state index < -0.39 is 5.41 Å². The quantitative estimate of drug-likeness (QED) is 0.162. The van der Waals surface area contributed by atoms with Crippen LogP contribution < -0.4 is 9.80 Å². The molecule has 2 heteroatoms. The maximum Gasteiger partial charge on any atom is 0.0726 e. The molecule has 1 spiro atoms. The molecule has 81 heavy (non-hydrogen) atoms. The molecule has 11 aromatic carbocycles. The van der Waals surface area contributed by atoms with E-state index in [0.717, 1.165) is 0 Å². The molecule has 4 aliphatic carbocycles. The van der Waals surface area contributed by atoms with Gasteiger partial charge in [0.2, 0.25) is 0 Å². The van der Waals surface area contributed by atoms with Crippen molar-refractivity contribution in [3.63, 3.8) is 0 Å². The van der Waals surface area contributed by atoms with E-state index in [9.17, 15) is 0 Å². The highest BCUT2D eigenvalue weighted by atomic mass is 15.3. The SMILES string of the molecule is CC12CCCCCCC1(C)N(c1ccccc1)c1ccc(-c3ccc4c(c3)C3(c5cc(-c6ccc7c(c6)C6(C)CCCCCCC6(C)N7c6ccccc6)ccc5-4)c4ccccc4-c4c3cc3ccc5cccc6ccc4c3c56)cc12. The molecule has 4 unspecified atom stereocenters. The van der Waals surface area contributed by atoms with Crippen LogP contribution in [-0.4, -0.2) is 11.1 Å². The summed E-state index contributed by atoms with van der Waals surface area (Å²) >= 11 is 0. The summed E-state index contributed by atoms with van der Waals surface area (Å²) in [7, 11) is 0. The summed E-state index contributed by atoms with van der Waals surface area (Å²) < 4.78 is 0. The molecule has 396 valence electrons. The lowest BCUT2D eigenvalue weighted by molar-refractivity contribution is 0.218. The van der Waals surface area contributed by atoms with E-state index in [1.807, 2.05) is 0 Å². The summed E-state index contributed by atoms with van der Waals surface area (Å²) in [5.41, 5.74) is 23.9. The summed E-state index contributed by atoms with van der Waals surface area (Å²) in [6, 6.07) is 81.4. The van der Waals surface area contributed by atoms with Crippen molar-refractivity contribution in [1.82, 2.24) is 0 Å². The lowest BCUT2D eigenvalue weighted by Crippen LogP contribution is -2.53. The number of rotatable bonds is 4. The zero-order valence-electron chi connectivity index (χ0n) is 47.5. The minimum absolute atomic E-state index is 0.00847. The zero-order chi connectivity index (χ0) is 54.0. The number of fused-ring (bicyclic) bond motifs is 17. The van der Waals surface area contributed by atoms with Crippen LogP contribution >= 0.6 is 0 Å². The fraction of sp³-hybridized carbons (Fsp3) is 0.266. The van der Waals surface area contributed by atoms with Crippen molar-refractivity contribution < 1.29 is 0 Å². The molecule has 4 atom stereocenters. The van der Waals surface area contributed by atoms with Crippen LogP contribution in [0.25, 0.3) is 76.8 Å². The van der Waals surface area contributed by atoms with E-state index in [-0.39, 0.29) is 21.9 Å². The van der Waals surface area contributed by atoms with Crippen LogP contribution in [0.15, 0.2) is 206 Å². The van der Waals surface area contributed by atoms with Gasteiger partial charge in [0.15, 0.2) is 0 Å². The number of para-hydroxylation sites is 2. The van der Waals surface area contributed by atoms with Gasteiger partial charge in [-0.05, 0) is 216 Å². The minimum atomic E-state index is -0.567. The number of benzene rings is 11. The Balaban J connectivity index is 0.895. The Morgan fingerprint density at radius 3 is 1.31 bits per heavy atom. The first-order valence-corrected chi connectivity index (χ1v) is 30.7. The predicted octanol–water partition coefficient (Wildman–Crippen LogP) is 21.3. The van der Waals surface area contributed by atoms with Gasteiger partial charge in [-0.1, -0.05) is 205 Å². The van der Waals surface area contributed by atoms with Crippen molar-refractivity contribution in [2.45, 2.75) is 132 Å². The highest BCUT2D eigenvalue weighted by Crippen LogP contribution is 2.67. The summed E-state index contributed by atoms with van der Waals surface area (Å²) in [4.78, 5) is 5.48. The van der Waals surface area contributed by atoms with Gasteiger partial charge in [0, 0.05) is 33.6 Å². The maximum atomic E-state index is 2.74. The minimum Gasteiger partial charge on any atom is -0.334 e. The number of anilines is 4. The molecule has 11 aromatic rings. The third kappa shape index (κ3) is 6.19. The monoisotopic (exact) mass is 1050 g/mol. The Labute approximate surface area is 478 Å². The Bertz CT molecular complexity index is 4200. The summed E-state index contributed by atoms with van der Waals surface area (Å²) in [5.74, 6) is 0. The third-order valence-electron chi connectivity index (χ3n) is 22.7. The first-order chi connectivity index (χ1) is 39.6. The summed E-state index contributed by atoms with van der Waals surface area (Å²) in [5, 5.41) is 8.04. The molecular formula is C79H70N2. The Kier molecular flexibility index (Phi) is 10.1. The normalized spacial score (nSPS) is 25.1. The van der Waals surface area contributed by atoms with E-state index >= 15 is 0 Å². The fourth-order valence-corrected chi connectivity index (χ4v) is 18.3. The molecule has 0 bridgehead atoms. The van der Waals surface area contributed by atoms with Crippen LogP contribution in [0.1, 0.15) is 138 Å². The standard InChI is InChI=1S/C79H70N2/c1-75-42-17-5-7-19-44-77(75,3)80(58-24-11-9-12-25-58)70-40-35-55(48-67(70)75)53-33-37-60-61-38-34-54(56-36-41-71-68(49-56)76(2)43-18-6-8-20-45-78(76,4)81(71)59-26-13-10-14-27-59)47-66(61)79(65(60)46-53)64-29-16-15-28-62(64)74-63-39-32-52-23-21-22-51-30-31-57(50-69(74)79)73(63)72(51)52/h9-16,21-41,46-50H,5-8,17-20,42-45H2,1-4H3.